The number of ether oxygens (including phenoxy) is 2. The van der Waals surface area contributed by atoms with Gasteiger partial charge in [0.2, 0.25) is 5.91 Å². The van der Waals surface area contributed by atoms with Crippen molar-refractivity contribution in [2.24, 2.45) is 5.92 Å². The highest BCUT2D eigenvalue weighted by Crippen LogP contribution is 2.28. The molecule has 2 aliphatic carbocycles. The maximum atomic E-state index is 12.2. The first-order valence-electron chi connectivity index (χ1n) is 10.1. The number of hydrogen-bond acceptors (Lipinski definition) is 5. The topological polar surface area (TPSA) is 73.3 Å². The van der Waals surface area contributed by atoms with Gasteiger partial charge in [-0.15, -0.1) is 0 Å². The normalized spacial score (nSPS) is 24.0. The van der Waals surface area contributed by atoms with Crippen LogP contribution in [-0.2, 0) is 4.79 Å². The Morgan fingerprint density at radius 3 is 2.42 bits per heavy atom. The molecule has 3 rings (SSSR count). The lowest BCUT2D eigenvalue weighted by molar-refractivity contribution is -0.122. The van der Waals surface area contributed by atoms with Crippen molar-refractivity contribution >= 4 is 5.91 Å². The van der Waals surface area contributed by atoms with Crippen molar-refractivity contribution in [3.8, 4) is 11.8 Å². The molecule has 0 aliphatic heterocycles. The Morgan fingerprint density at radius 1 is 1.04 bits per heavy atom. The summed E-state index contributed by atoms with van der Waals surface area (Å²) < 4.78 is 11.1. The second-order valence-electron chi connectivity index (χ2n) is 7.57. The molecule has 26 heavy (non-hydrogen) atoms. The smallest absolute Gasteiger partial charge is 0.278 e. The third-order valence-corrected chi connectivity index (χ3v) is 5.65. The lowest BCUT2D eigenvalue weighted by atomic mass is 9.86. The number of nitrogens with one attached hydrogen (secondary N) is 1. The zero-order chi connectivity index (χ0) is 18.2. The van der Waals surface area contributed by atoms with E-state index in [1.165, 1.54) is 32.1 Å². The van der Waals surface area contributed by atoms with Crippen LogP contribution in [0.4, 0.5) is 0 Å². The summed E-state index contributed by atoms with van der Waals surface area (Å²) in [6.45, 7) is 0. The molecular formula is C20H31N3O3. The van der Waals surface area contributed by atoms with Crippen LogP contribution in [0, 0.1) is 5.92 Å². The van der Waals surface area contributed by atoms with Crippen LogP contribution in [-0.4, -0.2) is 35.1 Å². The van der Waals surface area contributed by atoms with Gasteiger partial charge < -0.3 is 14.8 Å². The molecule has 2 fully saturated rings. The highest BCUT2D eigenvalue weighted by Gasteiger charge is 2.25. The number of aromatic nitrogens is 2. The Bertz CT molecular complexity index is 567. The van der Waals surface area contributed by atoms with Crippen molar-refractivity contribution in [2.75, 3.05) is 7.11 Å². The zero-order valence-corrected chi connectivity index (χ0v) is 15.8. The summed E-state index contributed by atoms with van der Waals surface area (Å²) in [5, 5.41) is 3.22. The lowest BCUT2D eigenvalue weighted by Crippen LogP contribution is -2.39. The highest BCUT2D eigenvalue weighted by molar-refractivity contribution is 5.76. The first-order valence-corrected chi connectivity index (χ1v) is 10.1. The van der Waals surface area contributed by atoms with E-state index in [9.17, 15) is 4.79 Å². The Hall–Kier alpha value is -1.85. The fourth-order valence-electron chi connectivity index (χ4n) is 4.13. The largest absolute Gasteiger partial charge is 0.477 e. The summed E-state index contributed by atoms with van der Waals surface area (Å²) in [5.74, 6) is 1.86. The van der Waals surface area contributed by atoms with Gasteiger partial charge in [-0.3, -0.25) is 4.79 Å². The van der Waals surface area contributed by atoms with E-state index >= 15 is 0 Å². The second kappa shape index (κ2) is 9.74. The van der Waals surface area contributed by atoms with Crippen molar-refractivity contribution in [3.05, 3.63) is 12.4 Å². The van der Waals surface area contributed by atoms with Crippen molar-refractivity contribution in [2.45, 2.75) is 82.8 Å². The van der Waals surface area contributed by atoms with E-state index in [0.717, 1.165) is 38.0 Å². The predicted octanol–water partition coefficient (Wildman–Crippen LogP) is 3.65. The Morgan fingerprint density at radius 2 is 1.73 bits per heavy atom. The fourth-order valence-corrected chi connectivity index (χ4v) is 4.13. The van der Waals surface area contributed by atoms with Gasteiger partial charge in [-0.2, -0.15) is 0 Å². The van der Waals surface area contributed by atoms with Crippen molar-refractivity contribution < 1.29 is 14.3 Å². The van der Waals surface area contributed by atoms with Gasteiger partial charge in [-0.25, -0.2) is 9.97 Å². The molecule has 0 saturated heterocycles. The number of methoxy groups -OCH3 is 1. The molecule has 1 aromatic rings. The summed E-state index contributed by atoms with van der Waals surface area (Å²) in [6.07, 6.45) is 15.4. The standard InChI is InChI=1S/C20H31N3O3/c1-25-19-20(22-14-13-21-19)26-17-10-8-16(9-11-17)23-18(24)12-7-15-5-3-2-4-6-15/h13-17H,2-12H2,1H3,(H,23,24). The Labute approximate surface area is 156 Å². The SMILES string of the molecule is COc1nccnc1OC1CCC(NC(=O)CCC2CCCCC2)CC1. The number of carbonyl (C=O) groups excluding carboxylic acids is 1. The monoisotopic (exact) mass is 361 g/mol. The molecule has 144 valence electrons. The van der Waals surface area contributed by atoms with Gasteiger partial charge in [-0.1, -0.05) is 32.1 Å². The number of carbonyl (C=O) groups is 1. The molecule has 1 N–H and O–H groups in total. The van der Waals surface area contributed by atoms with Gasteiger partial charge in [0, 0.05) is 24.9 Å². The average Bonchev–Trinajstić information content (AvgIpc) is 2.69. The molecule has 0 aromatic carbocycles. The number of rotatable bonds is 7. The van der Waals surface area contributed by atoms with Crippen LogP contribution in [0.5, 0.6) is 11.8 Å². The zero-order valence-electron chi connectivity index (χ0n) is 15.8. The van der Waals surface area contributed by atoms with Crippen LogP contribution in [0.15, 0.2) is 12.4 Å². The summed E-state index contributed by atoms with van der Waals surface area (Å²) in [7, 11) is 1.57. The minimum absolute atomic E-state index is 0.107. The highest BCUT2D eigenvalue weighted by atomic mass is 16.5. The van der Waals surface area contributed by atoms with E-state index in [-0.39, 0.29) is 18.1 Å². The third-order valence-electron chi connectivity index (χ3n) is 5.65. The molecular weight excluding hydrogens is 330 g/mol. The fraction of sp³-hybridized carbons (Fsp3) is 0.750. The molecule has 1 heterocycles. The minimum Gasteiger partial charge on any atom is -0.477 e. The van der Waals surface area contributed by atoms with E-state index in [1.807, 2.05) is 0 Å². The van der Waals surface area contributed by atoms with Gasteiger partial charge in [-0.05, 0) is 38.0 Å². The minimum atomic E-state index is 0.107. The summed E-state index contributed by atoms with van der Waals surface area (Å²) in [4.78, 5) is 20.5. The molecule has 6 heteroatoms. The maximum absolute atomic E-state index is 12.2. The number of amides is 1. The van der Waals surface area contributed by atoms with Gasteiger partial charge in [0.25, 0.3) is 11.8 Å². The van der Waals surface area contributed by atoms with Gasteiger partial charge in [0.1, 0.15) is 6.10 Å². The first-order chi connectivity index (χ1) is 12.7. The first kappa shape index (κ1) is 18.9. The molecule has 1 amide bonds. The molecule has 0 radical (unpaired) electrons. The quantitative estimate of drug-likeness (QED) is 0.802. The summed E-state index contributed by atoms with van der Waals surface area (Å²) in [6, 6.07) is 0.275. The molecule has 0 spiro atoms. The molecule has 0 bridgehead atoms. The maximum Gasteiger partial charge on any atom is 0.278 e. The van der Waals surface area contributed by atoms with E-state index in [0.29, 0.717) is 18.2 Å². The van der Waals surface area contributed by atoms with E-state index in [2.05, 4.69) is 15.3 Å². The van der Waals surface area contributed by atoms with Crippen molar-refractivity contribution in [3.63, 3.8) is 0 Å². The Kier molecular flexibility index (Phi) is 7.09. The average molecular weight is 361 g/mol. The summed E-state index contributed by atoms with van der Waals surface area (Å²) in [5.41, 5.74) is 0. The van der Waals surface area contributed by atoms with E-state index in [4.69, 9.17) is 9.47 Å². The van der Waals surface area contributed by atoms with Crippen LogP contribution < -0.4 is 14.8 Å². The molecule has 6 nitrogen and oxygen atoms in total. The van der Waals surface area contributed by atoms with Crippen LogP contribution in [0.2, 0.25) is 0 Å². The Balaban J connectivity index is 1.36. The molecule has 2 aliphatic rings. The predicted molar refractivity (Wildman–Crippen MR) is 99.2 cm³/mol. The molecule has 0 unspecified atom stereocenters. The van der Waals surface area contributed by atoms with Crippen LogP contribution in [0.25, 0.3) is 0 Å². The van der Waals surface area contributed by atoms with E-state index in [1.54, 1.807) is 19.5 Å². The van der Waals surface area contributed by atoms with Gasteiger partial charge >= 0.3 is 0 Å². The molecule has 1 aromatic heterocycles. The van der Waals surface area contributed by atoms with Gasteiger partial charge in [0.05, 0.1) is 7.11 Å². The van der Waals surface area contributed by atoms with E-state index < -0.39 is 0 Å². The van der Waals surface area contributed by atoms with Crippen LogP contribution in [0.1, 0.15) is 70.6 Å². The van der Waals surface area contributed by atoms with Crippen molar-refractivity contribution in [1.29, 1.82) is 0 Å². The van der Waals surface area contributed by atoms with Crippen LogP contribution >= 0.6 is 0 Å². The number of hydrogen-bond donors (Lipinski definition) is 1. The van der Waals surface area contributed by atoms with Gasteiger partial charge in [0.15, 0.2) is 0 Å². The summed E-state index contributed by atoms with van der Waals surface area (Å²) >= 11 is 0. The number of nitrogens with zero attached hydrogens (tertiary/aromatic N) is 2. The molecule has 0 atom stereocenters. The third kappa shape index (κ3) is 5.58. The lowest BCUT2D eigenvalue weighted by Gasteiger charge is -2.29. The van der Waals surface area contributed by atoms with Crippen molar-refractivity contribution in [1.82, 2.24) is 15.3 Å². The van der Waals surface area contributed by atoms with Crippen LogP contribution in [0.3, 0.4) is 0 Å². The second-order valence-corrected chi connectivity index (χ2v) is 7.57. The molecule has 2 saturated carbocycles.